The van der Waals surface area contributed by atoms with Crippen LogP contribution in [-0.2, 0) is 18.3 Å². The lowest BCUT2D eigenvalue weighted by molar-refractivity contribution is -0.135. The molecule has 27 heavy (non-hydrogen) atoms. The first kappa shape index (κ1) is 16.6. The maximum Gasteiger partial charge on any atom is 0.145 e. The van der Waals surface area contributed by atoms with Gasteiger partial charge >= 0.3 is 0 Å². The average molecular weight is 361 g/mol. The minimum absolute atomic E-state index is 0.107. The molecule has 3 aliphatic rings. The van der Waals surface area contributed by atoms with Crippen LogP contribution in [0.25, 0.3) is 22.0 Å². The normalized spacial score (nSPS) is 24.4. The van der Waals surface area contributed by atoms with Crippen molar-refractivity contribution in [2.75, 3.05) is 19.6 Å². The summed E-state index contributed by atoms with van der Waals surface area (Å²) < 4.78 is 1.77. The number of ketones is 1. The van der Waals surface area contributed by atoms with Crippen LogP contribution >= 0.6 is 0 Å². The highest BCUT2D eigenvalue weighted by molar-refractivity contribution is 5.89. The highest BCUT2D eigenvalue weighted by atomic mass is 16.1. The van der Waals surface area contributed by atoms with Gasteiger partial charge in [0.25, 0.3) is 0 Å². The standard InChI is InChI=1S/C21H23N5O/c1-25-14-17(13-24-25)19-9-15-8-18(22-11-16(15)12-23-19)10-20(27)21-2-5-26(6-3-21)7-4-21/h8-9,11-14H,2-7,10H2,1H3. The van der Waals surface area contributed by atoms with E-state index >= 15 is 0 Å². The number of nitrogens with zero attached hydrogens (tertiary/aromatic N) is 5. The Morgan fingerprint density at radius 2 is 1.78 bits per heavy atom. The van der Waals surface area contributed by atoms with Crippen molar-refractivity contribution in [1.82, 2.24) is 24.6 Å². The first-order valence-corrected chi connectivity index (χ1v) is 9.61. The Balaban J connectivity index is 1.42. The average Bonchev–Trinajstić information content (AvgIpc) is 3.15. The molecule has 3 aromatic heterocycles. The molecule has 2 bridgehead atoms. The smallest absolute Gasteiger partial charge is 0.145 e. The lowest BCUT2D eigenvalue weighted by Gasteiger charge is -2.47. The minimum atomic E-state index is -0.107. The van der Waals surface area contributed by atoms with Crippen LogP contribution in [0, 0.1) is 5.41 Å². The van der Waals surface area contributed by atoms with E-state index in [1.54, 1.807) is 4.68 Å². The zero-order valence-electron chi connectivity index (χ0n) is 15.6. The number of piperidine rings is 3. The Kier molecular flexibility index (Phi) is 3.82. The van der Waals surface area contributed by atoms with E-state index in [0.29, 0.717) is 12.2 Å². The van der Waals surface area contributed by atoms with Gasteiger partial charge < -0.3 is 4.90 Å². The molecular formula is C21H23N5O. The summed E-state index contributed by atoms with van der Waals surface area (Å²) in [6, 6.07) is 4.10. The van der Waals surface area contributed by atoms with Crippen molar-refractivity contribution in [2.24, 2.45) is 12.5 Å². The van der Waals surface area contributed by atoms with E-state index < -0.39 is 0 Å². The Hall–Kier alpha value is -2.60. The maximum atomic E-state index is 13.1. The molecule has 0 N–H and O–H groups in total. The van der Waals surface area contributed by atoms with E-state index in [4.69, 9.17) is 0 Å². The predicted octanol–water partition coefficient (Wildman–Crippen LogP) is 2.63. The molecule has 0 spiro atoms. The zero-order valence-corrected chi connectivity index (χ0v) is 15.6. The van der Waals surface area contributed by atoms with E-state index in [1.165, 1.54) is 0 Å². The van der Waals surface area contributed by atoms with Crippen LogP contribution in [0.4, 0.5) is 0 Å². The first-order valence-electron chi connectivity index (χ1n) is 9.61. The number of carbonyl (C=O) groups is 1. The van der Waals surface area contributed by atoms with Crippen molar-refractivity contribution < 1.29 is 4.79 Å². The number of aryl methyl sites for hydroxylation is 1. The molecule has 0 amide bonds. The quantitative estimate of drug-likeness (QED) is 0.715. The fraction of sp³-hybridized carbons (Fsp3) is 0.429. The van der Waals surface area contributed by atoms with Gasteiger partial charge in [-0.25, -0.2) is 0 Å². The maximum absolute atomic E-state index is 13.1. The lowest BCUT2D eigenvalue weighted by atomic mass is 9.68. The molecule has 6 heterocycles. The third-order valence-electron chi connectivity index (χ3n) is 6.31. The largest absolute Gasteiger partial charge is 0.303 e. The fourth-order valence-corrected chi connectivity index (χ4v) is 4.49. The summed E-state index contributed by atoms with van der Waals surface area (Å²) in [5, 5.41) is 6.27. The zero-order chi connectivity index (χ0) is 18.4. The SMILES string of the molecule is Cn1cc(-c2cc3cc(CC(=O)C45CCN(CC4)CC5)ncc3cn2)cn1. The van der Waals surface area contributed by atoms with Gasteiger partial charge in [0, 0.05) is 54.1 Å². The van der Waals surface area contributed by atoms with Gasteiger partial charge in [0.15, 0.2) is 0 Å². The minimum Gasteiger partial charge on any atom is -0.303 e. The van der Waals surface area contributed by atoms with Crippen molar-refractivity contribution >= 4 is 16.6 Å². The van der Waals surface area contributed by atoms with Gasteiger partial charge in [-0.05, 0) is 56.4 Å². The molecular weight excluding hydrogens is 338 g/mol. The van der Waals surface area contributed by atoms with Gasteiger partial charge in [0.05, 0.1) is 11.9 Å². The number of pyridine rings is 2. The first-order chi connectivity index (χ1) is 13.1. The van der Waals surface area contributed by atoms with Crippen LogP contribution in [0.2, 0.25) is 0 Å². The van der Waals surface area contributed by atoms with Crippen LogP contribution in [0.5, 0.6) is 0 Å². The molecule has 3 saturated heterocycles. The van der Waals surface area contributed by atoms with E-state index in [9.17, 15) is 4.79 Å². The molecule has 138 valence electrons. The van der Waals surface area contributed by atoms with E-state index in [0.717, 1.165) is 66.6 Å². The second-order valence-corrected chi connectivity index (χ2v) is 7.97. The van der Waals surface area contributed by atoms with E-state index in [-0.39, 0.29) is 5.41 Å². The molecule has 6 rings (SSSR count). The lowest BCUT2D eigenvalue weighted by Crippen LogP contribution is -2.52. The Morgan fingerprint density at radius 3 is 2.48 bits per heavy atom. The van der Waals surface area contributed by atoms with Crippen LogP contribution in [0.1, 0.15) is 25.0 Å². The van der Waals surface area contributed by atoms with Crippen LogP contribution in [-0.4, -0.2) is 50.1 Å². The van der Waals surface area contributed by atoms with Gasteiger partial charge in [-0.3, -0.25) is 19.4 Å². The monoisotopic (exact) mass is 361 g/mol. The molecule has 0 saturated carbocycles. The van der Waals surface area contributed by atoms with Crippen molar-refractivity contribution in [3.05, 3.63) is 42.6 Å². The number of rotatable bonds is 4. The summed E-state index contributed by atoms with van der Waals surface area (Å²) in [6.07, 6.45) is 10.9. The molecule has 3 aliphatic heterocycles. The summed E-state index contributed by atoms with van der Waals surface area (Å²) in [5.41, 5.74) is 2.63. The van der Waals surface area contributed by atoms with E-state index in [2.05, 4.69) is 26.0 Å². The van der Waals surface area contributed by atoms with Gasteiger partial charge in [0.2, 0.25) is 0 Å². The number of aromatic nitrogens is 4. The second-order valence-electron chi connectivity index (χ2n) is 7.97. The molecule has 0 radical (unpaired) electrons. The van der Waals surface area contributed by atoms with Crippen molar-refractivity contribution in [2.45, 2.75) is 25.7 Å². The van der Waals surface area contributed by atoms with Crippen molar-refractivity contribution in [3.63, 3.8) is 0 Å². The van der Waals surface area contributed by atoms with Crippen LogP contribution < -0.4 is 0 Å². The van der Waals surface area contributed by atoms with Gasteiger partial charge in [0.1, 0.15) is 5.78 Å². The molecule has 0 aliphatic carbocycles. The van der Waals surface area contributed by atoms with Gasteiger partial charge in [-0.15, -0.1) is 0 Å². The highest BCUT2D eigenvalue weighted by Gasteiger charge is 2.44. The highest BCUT2D eigenvalue weighted by Crippen LogP contribution is 2.41. The summed E-state index contributed by atoms with van der Waals surface area (Å²) in [7, 11) is 1.90. The molecule has 6 nitrogen and oxygen atoms in total. The van der Waals surface area contributed by atoms with Crippen molar-refractivity contribution in [1.29, 1.82) is 0 Å². The number of Topliss-reactive ketones (excluding diaryl/α,β-unsaturated/α-hetero) is 1. The molecule has 3 aromatic rings. The topological polar surface area (TPSA) is 63.9 Å². The Bertz CT molecular complexity index is 1000. The number of fused-ring (bicyclic) bond motifs is 4. The Labute approximate surface area is 158 Å². The predicted molar refractivity (Wildman–Crippen MR) is 103 cm³/mol. The number of hydrogen-bond acceptors (Lipinski definition) is 5. The molecule has 6 heteroatoms. The fourth-order valence-electron chi connectivity index (χ4n) is 4.49. The third kappa shape index (κ3) is 2.94. The second kappa shape index (κ2) is 6.23. The Morgan fingerprint density at radius 1 is 1.04 bits per heavy atom. The summed E-state index contributed by atoms with van der Waals surface area (Å²) in [5.74, 6) is 0.371. The van der Waals surface area contributed by atoms with Crippen molar-refractivity contribution in [3.8, 4) is 11.3 Å². The third-order valence-corrected chi connectivity index (χ3v) is 6.31. The molecule has 0 atom stereocenters. The van der Waals surface area contributed by atoms with Crippen LogP contribution in [0.15, 0.2) is 36.9 Å². The summed E-state index contributed by atoms with van der Waals surface area (Å²) in [4.78, 5) is 24.6. The summed E-state index contributed by atoms with van der Waals surface area (Å²) in [6.45, 7) is 3.20. The van der Waals surface area contributed by atoms with Crippen LogP contribution in [0.3, 0.4) is 0 Å². The van der Waals surface area contributed by atoms with Gasteiger partial charge in [-0.1, -0.05) is 0 Å². The van der Waals surface area contributed by atoms with Gasteiger partial charge in [-0.2, -0.15) is 5.10 Å². The molecule has 0 unspecified atom stereocenters. The molecule has 0 aromatic carbocycles. The number of hydrogen-bond donors (Lipinski definition) is 0. The number of carbonyl (C=O) groups excluding carboxylic acids is 1. The molecule has 3 fully saturated rings. The van der Waals surface area contributed by atoms with E-state index in [1.807, 2.05) is 37.9 Å². The summed E-state index contributed by atoms with van der Waals surface area (Å²) >= 11 is 0.